The normalized spacial score (nSPS) is 11.8. The van der Waals surface area contributed by atoms with Crippen LogP contribution in [0.25, 0.3) is 0 Å². The van der Waals surface area contributed by atoms with Crippen molar-refractivity contribution >= 4 is 10.0 Å². The van der Waals surface area contributed by atoms with Crippen molar-refractivity contribution in [3.8, 4) is 0 Å². The molecule has 0 aliphatic rings. The van der Waals surface area contributed by atoms with Gasteiger partial charge in [-0.3, -0.25) is 0 Å². The lowest BCUT2D eigenvalue weighted by Gasteiger charge is -2.09. The Kier molecular flexibility index (Phi) is 4.17. The Labute approximate surface area is 114 Å². The molecule has 0 aliphatic heterocycles. The van der Waals surface area contributed by atoms with Crippen LogP contribution in [0, 0.1) is 11.6 Å². The zero-order chi connectivity index (χ0) is 14.8. The van der Waals surface area contributed by atoms with Gasteiger partial charge in [-0.25, -0.2) is 21.9 Å². The monoisotopic (exact) mass is 302 g/mol. The van der Waals surface area contributed by atoms with Gasteiger partial charge in [0, 0.05) is 6.54 Å². The molecular formula is C12H12F2N2O3S. The minimum absolute atomic E-state index is 0.0993. The third-order valence-corrected chi connectivity index (χ3v) is 4.00. The Morgan fingerprint density at radius 3 is 2.65 bits per heavy atom. The van der Waals surface area contributed by atoms with Crippen molar-refractivity contribution in [3.63, 3.8) is 0 Å². The minimum Gasteiger partial charge on any atom is -0.468 e. The van der Waals surface area contributed by atoms with Crippen LogP contribution in [0.15, 0.2) is 39.8 Å². The lowest BCUT2D eigenvalue weighted by molar-refractivity contribution is 0.477. The summed E-state index contributed by atoms with van der Waals surface area (Å²) in [6.45, 7) is -0.263. The van der Waals surface area contributed by atoms with Crippen molar-refractivity contribution in [3.05, 3.63) is 53.5 Å². The third kappa shape index (κ3) is 3.03. The molecule has 1 aromatic carbocycles. The highest BCUT2D eigenvalue weighted by Gasteiger charge is 2.22. The van der Waals surface area contributed by atoms with Gasteiger partial charge in [0.1, 0.15) is 10.7 Å². The molecule has 0 fully saturated rings. The number of hydrogen-bond acceptors (Lipinski definition) is 4. The third-order valence-electron chi connectivity index (χ3n) is 2.60. The summed E-state index contributed by atoms with van der Waals surface area (Å²) in [5, 5.41) is 0. The fourth-order valence-corrected chi connectivity index (χ4v) is 2.72. The molecule has 5 nitrogen and oxygen atoms in total. The smallest absolute Gasteiger partial charge is 0.244 e. The zero-order valence-electron chi connectivity index (χ0n) is 10.3. The van der Waals surface area contributed by atoms with Crippen molar-refractivity contribution in [1.29, 1.82) is 0 Å². The highest BCUT2D eigenvalue weighted by molar-refractivity contribution is 7.89. The lowest BCUT2D eigenvalue weighted by atomic mass is 10.2. The Bertz CT molecular complexity index is 700. The quantitative estimate of drug-likeness (QED) is 0.876. The number of nitrogens with two attached hydrogens (primary N) is 1. The molecule has 1 aromatic heterocycles. The summed E-state index contributed by atoms with van der Waals surface area (Å²) in [7, 11) is -4.20. The van der Waals surface area contributed by atoms with Gasteiger partial charge in [0.25, 0.3) is 0 Å². The van der Waals surface area contributed by atoms with E-state index in [4.69, 9.17) is 10.2 Å². The van der Waals surface area contributed by atoms with Crippen LogP contribution in [0.5, 0.6) is 0 Å². The molecule has 8 heteroatoms. The molecule has 0 bridgehead atoms. The van der Waals surface area contributed by atoms with Crippen LogP contribution in [0.1, 0.15) is 11.3 Å². The number of hydrogen-bond donors (Lipinski definition) is 2. The molecule has 1 heterocycles. The van der Waals surface area contributed by atoms with Gasteiger partial charge in [-0.2, -0.15) is 0 Å². The second-order valence-electron chi connectivity index (χ2n) is 4.00. The number of nitrogens with one attached hydrogen (secondary N) is 1. The van der Waals surface area contributed by atoms with Crippen LogP contribution in [-0.4, -0.2) is 8.42 Å². The zero-order valence-corrected chi connectivity index (χ0v) is 11.1. The van der Waals surface area contributed by atoms with Crippen LogP contribution < -0.4 is 10.5 Å². The minimum atomic E-state index is -4.20. The van der Waals surface area contributed by atoms with Crippen LogP contribution in [0.3, 0.4) is 0 Å². The van der Waals surface area contributed by atoms with E-state index in [0.29, 0.717) is 5.76 Å². The van der Waals surface area contributed by atoms with Crippen molar-refractivity contribution in [2.45, 2.75) is 18.0 Å². The summed E-state index contributed by atoms with van der Waals surface area (Å²) in [5.74, 6) is -2.34. The number of benzene rings is 1. The molecule has 2 aromatic rings. The van der Waals surface area contributed by atoms with Crippen molar-refractivity contribution in [2.24, 2.45) is 5.73 Å². The fraction of sp³-hybridized carbons (Fsp3) is 0.167. The van der Waals surface area contributed by atoms with E-state index in [2.05, 4.69) is 4.72 Å². The molecule has 0 spiro atoms. The average Bonchev–Trinajstić information content (AvgIpc) is 2.92. The van der Waals surface area contributed by atoms with E-state index in [-0.39, 0.29) is 18.7 Å². The van der Waals surface area contributed by atoms with Gasteiger partial charge >= 0.3 is 0 Å². The second kappa shape index (κ2) is 5.70. The van der Waals surface area contributed by atoms with Crippen molar-refractivity contribution in [2.75, 3.05) is 0 Å². The maximum Gasteiger partial charge on any atom is 0.244 e. The SMILES string of the molecule is NCc1cc(F)c(F)c(S(=O)(=O)NCc2ccco2)c1. The molecule has 2 rings (SSSR count). The lowest BCUT2D eigenvalue weighted by Crippen LogP contribution is -2.24. The van der Waals surface area contributed by atoms with Crippen LogP contribution in [0.4, 0.5) is 8.78 Å². The summed E-state index contributed by atoms with van der Waals surface area (Å²) in [6.07, 6.45) is 1.37. The topological polar surface area (TPSA) is 85.3 Å². The number of furan rings is 1. The Morgan fingerprint density at radius 2 is 2.05 bits per heavy atom. The first-order valence-electron chi connectivity index (χ1n) is 5.64. The standard InChI is InChI=1S/C12H12F2N2O3S/c13-10-4-8(6-15)5-11(12(10)14)20(17,18)16-7-9-2-1-3-19-9/h1-5,16H,6-7,15H2. The summed E-state index contributed by atoms with van der Waals surface area (Å²) < 4.78 is 58.0. The number of halogens is 2. The summed E-state index contributed by atoms with van der Waals surface area (Å²) in [4.78, 5) is -0.774. The van der Waals surface area contributed by atoms with E-state index >= 15 is 0 Å². The predicted octanol–water partition coefficient (Wildman–Crippen LogP) is 1.50. The van der Waals surface area contributed by atoms with Gasteiger partial charge in [0.15, 0.2) is 11.6 Å². The first-order chi connectivity index (χ1) is 9.44. The molecule has 0 atom stereocenters. The van der Waals surface area contributed by atoms with E-state index in [1.807, 2.05) is 0 Å². The van der Waals surface area contributed by atoms with Crippen LogP contribution in [0.2, 0.25) is 0 Å². The van der Waals surface area contributed by atoms with Crippen LogP contribution in [-0.2, 0) is 23.1 Å². The average molecular weight is 302 g/mol. The molecule has 0 amide bonds. The first-order valence-corrected chi connectivity index (χ1v) is 7.12. The second-order valence-corrected chi connectivity index (χ2v) is 5.73. The van der Waals surface area contributed by atoms with Gasteiger partial charge in [-0.05, 0) is 29.8 Å². The molecule has 0 saturated carbocycles. The van der Waals surface area contributed by atoms with Gasteiger partial charge in [0.2, 0.25) is 10.0 Å². The van der Waals surface area contributed by atoms with E-state index in [1.54, 1.807) is 12.1 Å². The maximum atomic E-state index is 13.6. The van der Waals surface area contributed by atoms with E-state index in [0.717, 1.165) is 12.1 Å². The molecular weight excluding hydrogens is 290 g/mol. The Hall–Kier alpha value is -1.77. The van der Waals surface area contributed by atoms with Gasteiger partial charge < -0.3 is 10.2 Å². The predicted molar refractivity (Wildman–Crippen MR) is 67.0 cm³/mol. The maximum absolute atomic E-state index is 13.6. The molecule has 0 saturated heterocycles. The largest absolute Gasteiger partial charge is 0.468 e. The Morgan fingerprint density at radius 1 is 1.30 bits per heavy atom. The van der Waals surface area contributed by atoms with E-state index < -0.39 is 26.6 Å². The number of rotatable bonds is 5. The molecule has 0 unspecified atom stereocenters. The van der Waals surface area contributed by atoms with E-state index in [9.17, 15) is 17.2 Å². The van der Waals surface area contributed by atoms with Gasteiger partial charge in [-0.1, -0.05) is 0 Å². The summed E-state index contributed by atoms with van der Waals surface area (Å²) in [6, 6.07) is 5.00. The highest BCUT2D eigenvalue weighted by Crippen LogP contribution is 2.20. The molecule has 3 N–H and O–H groups in total. The summed E-state index contributed by atoms with van der Waals surface area (Å²) >= 11 is 0. The highest BCUT2D eigenvalue weighted by atomic mass is 32.2. The first kappa shape index (κ1) is 14.6. The van der Waals surface area contributed by atoms with Crippen molar-refractivity contribution < 1.29 is 21.6 Å². The molecule has 108 valence electrons. The van der Waals surface area contributed by atoms with Crippen LogP contribution >= 0.6 is 0 Å². The van der Waals surface area contributed by atoms with E-state index in [1.165, 1.54) is 6.26 Å². The Balaban J connectivity index is 2.31. The van der Waals surface area contributed by atoms with Crippen molar-refractivity contribution in [1.82, 2.24) is 4.72 Å². The van der Waals surface area contributed by atoms with Gasteiger partial charge in [0.05, 0.1) is 12.8 Å². The fourth-order valence-electron chi connectivity index (χ4n) is 1.59. The van der Waals surface area contributed by atoms with Gasteiger partial charge in [-0.15, -0.1) is 0 Å². The number of sulfonamides is 1. The molecule has 20 heavy (non-hydrogen) atoms. The summed E-state index contributed by atoms with van der Waals surface area (Å²) in [5.41, 5.74) is 5.50. The molecule has 0 aliphatic carbocycles. The molecule has 0 radical (unpaired) electrons.